The van der Waals surface area contributed by atoms with Gasteiger partial charge in [-0.15, -0.1) is 23.4 Å². The van der Waals surface area contributed by atoms with Crippen molar-refractivity contribution >= 4 is 29.6 Å². The molecule has 1 heterocycles. The lowest BCUT2D eigenvalue weighted by molar-refractivity contribution is 0.0945. The first-order chi connectivity index (χ1) is 16.3. The van der Waals surface area contributed by atoms with Gasteiger partial charge in [-0.3, -0.25) is 9.91 Å². The highest BCUT2D eigenvalue weighted by Gasteiger charge is 2.23. The van der Waals surface area contributed by atoms with Crippen molar-refractivity contribution in [2.45, 2.75) is 44.2 Å². The van der Waals surface area contributed by atoms with Gasteiger partial charge >= 0.3 is 0 Å². The van der Waals surface area contributed by atoms with Gasteiger partial charge in [-0.25, -0.2) is 13.2 Å². The van der Waals surface area contributed by atoms with E-state index in [0.717, 1.165) is 28.9 Å². The zero-order chi connectivity index (χ0) is 25.5. The number of thioether (sulfide) groups is 1. The van der Waals surface area contributed by atoms with Crippen molar-refractivity contribution in [2.24, 2.45) is 11.0 Å². The second-order valence-electron chi connectivity index (χ2n) is 8.15. The number of aliphatic hydroxyl groups excluding tert-OH is 1. The second kappa shape index (κ2) is 17.4. The lowest BCUT2D eigenvalue weighted by Crippen LogP contribution is -2.33. The summed E-state index contributed by atoms with van der Waals surface area (Å²) >= 11 is 7.69. The van der Waals surface area contributed by atoms with Crippen molar-refractivity contribution < 1.29 is 23.0 Å². The lowest BCUT2D eigenvalue weighted by Gasteiger charge is -2.25. The van der Waals surface area contributed by atoms with Gasteiger partial charge in [0.1, 0.15) is 19.2 Å². The van der Waals surface area contributed by atoms with E-state index >= 15 is 0 Å². The number of allylic oxidation sites excluding steroid dienone is 4. The number of nitrogens with zero attached hydrogens (tertiary/aromatic N) is 3. The van der Waals surface area contributed by atoms with Crippen molar-refractivity contribution in [3.8, 4) is 0 Å². The summed E-state index contributed by atoms with van der Waals surface area (Å²) in [6.07, 6.45) is 3.98. The molecule has 2 atom stereocenters. The second-order valence-corrected chi connectivity index (χ2v) is 10.2. The summed E-state index contributed by atoms with van der Waals surface area (Å²) < 4.78 is 44.6. The van der Waals surface area contributed by atoms with Crippen LogP contribution in [0.2, 0.25) is 0 Å². The fourth-order valence-electron chi connectivity index (χ4n) is 3.42. The maximum atomic E-state index is 13.8. The van der Waals surface area contributed by atoms with Crippen molar-refractivity contribution in [1.29, 1.82) is 0 Å². The molecule has 0 saturated heterocycles. The molecule has 0 aromatic heterocycles. The van der Waals surface area contributed by atoms with E-state index in [1.807, 2.05) is 0 Å². The maximum Gasteiger partial charge on any atom is 0.120 e. The predicted octanol–water partition coefficient (Wildman–Crippen LogP) is 5.67. The Balaban J connectivity index is 2.73. The summed E-state index contributed by atoms with van der Waals surface area (Å²) in [6.45, 7) is 8.50. The van der Waals surface area contributed by atoms with Gasteiger partial charge < -0.3 is 9.84 Å². The topological polar surface area (TPSA) is 48.3 Å². The maximum absolute atomic E-state index is 13.8. The molecule has 0 bridgehead atoms. The van der Waals surface area contributed by atoms with Gasteiger partial charge in [-0.2, -0.15) is 5.10 Å². The number of hydrogen-bond acceptors (Lipinski definition) is 6. The molecule has 1 aliphatic heterocycles. The first-order valence-electron chi connectivity index (χ1n) is 11.6. The molecule has 0 spiro atoms. The molecule has 0 aromatic carbocycles. The summed E-state index contributed by atoms with van der Waals surface area (Å²) in [7, 11) is 1.65. The normalized spacial score (nSPS) is 18.2. The lowest BCUT2D eigenvalue weighted by atomic mass is 10.0. The van der Waals surface area contributed by atoms with Crippen molar-refractivity contribution in [2.75, 3.05) is 59.9 Å². The van der Waals surface area contributed by atoms with Crippen LogP contribution in [0.25, 0.3) is 0 Å². The molecule has 0 aromatic rings. The summed E-state index contributed by atoms with van der Waals surface area (Å²) in [5.41, 5.74) is 1.96. The van der Waals surface area contributed by atoms with Crippen LogP contribution in [0.4, 0.5) is 13.2 Å². The number of rotatable bonds is 18. The van der Waals surface area contributed by atoms with Gasteiger partial charge in [0.25, 0.3) is 0 Å². The molecular weight excluding hydrogens is 487 g/mol. The number of ether oxygens (including phenoxy) is 1. The Bertz CT molecular complexity index is 722. The van der Waals surface area contributed by atoms with E-state index in [9.17, 15) is 18.3 Å². The highest BCUT2D eigenvalue weighted by molar-refractivity contribution is 8.05. The van der Waals surface area contributed by atoms with E-state index in [4.69, 9.17) is 16.3 Å². The van der Waals surface area contributed by atoms with Gasteiger partial charge in [0, 0.05) is 32.3 Å². The molecule has 5 nitrogen and oxygen atoms in total. The van der Waals surface area contributed by atoms with Crippen LogP contribution in [0, 0.1) is 5.92 Å². The molecule has 1 aliphatic rings. The average molecular weight is 526 g/mol. The standard InChI is InChI=1S/C24H39ClF3N3O2S/c1-5-22(28)19(3)30(4)29-15-21(17-32)18(2)16-31(10-12-33-11-8-26)9-6-7-23-20(14-27)13-24(25)34-23/h15,21,24,32H,2,5-14,16-17H2,1,3-4H3/b22-19-,29-15+. The molecule has 1 N–H and O–H groups in total. The predicted molar refractivity (Wildman–Crippen MR) is 137 cm³/mol. The molecule has 34 heavy (non-hydrogen) atoms. The van der Waals surface area contributed by atoms with Crippen LogP contribution in [-0.2, 0) is 4.74 Å². The minimum atomic E-state index is -0.535. The third kappa shape index (κ3) is 11.2. The third-order valence-corrected chi connectivity index (χ3v) is 7.26. The third-order valence-electron chi connectivity index (χ3n) is 5.64. The highest BCUT2D eigenvalue weighted by Crippen LogP contribution is 2.42. The molecule has 10 heteroatoms. The van der Waals surface area contributed by atoms with Crippen LogP contribution in [-0.4, -0.2) is 85.8 Å². The minimum Gasteiger partial charge on any atom is -0.395 e. The number of hydrogen-bond donors (Lipinski definition) is 1. The first-order valence-corrected chi connectivity index (χ1v) is 12.9. The summed E-state index contributed by atoms with van der Waals surface area (Å²) in [5, 5.41) is 15.6. The quantitative estimate of drug-likeness (QED) is 0.0821. The summed E-state index contributed by atoms with van der Waals surface area (Å²) in [4.78, 5) is 3.15. The molecule has 0 saturated carbocycles. The molecule has 0 aliphatic carbocycles. The van der Waals surface area contributed by atoms with Gasteiger partial charge in [-0.05, 0) is 49.6 Å². The minimum absolute atomic E-state index is 0.0503. The molecule has 2 unspecified atom stereocenters. The molecule has 0 amide bonds. The monoisotopic (exact) mass is 525 g/mol. The number of halogens is 4. The van der Waals surface area contributed by atoms with Crippen LogP contribution < -0.4 is 0 Å². The largest absolute Gasteiger partial charge is 0.395 e. The van der Waals surface area contributed by atoms with E-state index in [0.29, 0.717) is 38.4 Å². The molecule has 0 radical (unpaired) electrons. The van der Waals surface area contributed by atoms with Crippen molar-refractivity contribution in [1.82, 2.24) is 9.91 Å². The van der Waals surface area contributed by atoms with Crippen molar-refractivity contribution in [3.05, 3.63) is 34.2 Å². The van der Waals surface area contributed by atoms with Crippen molar-refractivity contribution in [3.63, 3.8) is 0 Å². The zero-order valence-corrected chi connectivity index (χ0v) is 22.1. The molecular formula is C24H39ClF3N3O2S. The Morgan fingerprint density at radius 3 is 2.74 bits per heavy atom. The Hall–Kier alpha value is -1.00. The number of hydrazone groups is 1. The van der Waals surface area contributed by atoms with Gasteiger partial charge in [0.05, 0.1) is 30.2 Å². The molecule has 1 rings (SSSR count). The van der Waals surface area contributed by atoms with Crippen LogP contribution in [0.5, 0.6) is 0 Å². The van der Waals surface area contributed by atoms with Gasteiger partial charge in [-0.1, -0.05) is 19.1 Å². The van der Waals surface area contributed by atoms with E-state index < -0.39 is 19.3 Å². The zero-order valence-electron chi connectivity index (χ0n) is 20.5. The van der Waals surface area contributed by atoms with Gasteiger partial charge in [0.2, 0.25) is 0 Å². The van der Waals surface area contributed by atoms with Crippen LogP contribution in [0.1, 0.15) is 39.5 Å². The van der Waals surface area contributed by atoms with E-state index in [2.05, 4.69) is 16.6 Å². The SMILES string of the molecule is C=C(CN(CCCC1=C(CF)CC(Cl)S1)CCOCCF)C(/C=N/N(C)/C(C)=C(\F)CC)CO. The smallest absolute Gasteiger partial charge is 0.120 e. The van der Waals surface area contributed by atoms with Crippen LogP contribution in [0.15, 0.2) is 39.3 Å². The molecule has 196 valence electrons. The Morgan fingerprint density at radius 1 is 1.38 bits per heavy atom. The Morgan fingerprint density at radius 2 is 2.12 bits per heavy atom. The summed E-state index contributed by atoms with van der Waals surface area (Å²) in [5.74, 6) is -0.650. The number of alkyl halides is 3. The van der Waals surface area contributed by atoms with Crippen LogP contribution >= 0.6 is 23.4 Å². The van der Waals surface area contributed by atoms with E-state index in [1.54, 1.807) is 27.1 Å². The average Bonchev–Trinajstić information content (AvgIpc) is 3.19. The first kappa shape index (κ1) is 31.0. The highest BCUT2D eigenvalue weighted by atomic mass is 35.5. The molecule has 0 fully saturated rings. The van der Waals surface area contributed by atoms with E-state index in [-0.39, 0.29) is 30.2 Å². The Labute approximate surface area is 211 Å². The Kier molecular flexibility index (Phi) is 15.9. The fourth-order valence-corrected chi connectivity index (χ4v) is 5.09. The van der Waals surface area contributed by atoms with Gasteiger partial charge in [0.15, 0.2) is 0 Å². The van der Waals surface area contributed by atoms with Crippen LogP contribution in [0.3, 0.4) is 0 Å². The summed E-state index contributed by atoms with van der Waals surface area (Å²) in [6, 6.07) is 0. The van der Waals surface area contributed by atoms with E-state index in [1.165, 1.54) is 16.8 Å². The fraction of sp³-hybridized carbons (Fsp3) is 0.708. The number of aliphatic hydroxyl groups is 1.